The van der Waals surface area contributed by atoms with Crippen LogP contribution in [-0.4, -0.2) is 13.0 Å². The van der Waals surface area contributed by atoms with Crippen LogP contribution in [0.5, 0.6) is 5.75 Å². The van der Waals surface area contributed by atoms with Crippen LogP contribution in [0.2, 0.25) is 5.02 Å². The largest absolute Gasteiger partial charge is 0.495 e. The predicted molar refractivity (Wildman–Crippen MR) is 114 cm³/mol. The fraction of sp³-hybridized carbons (Fsp3) is 0.273. The molecule has 0 aromatic heterocycles. The molecule has 0 heterocycles. The van der Waals surface area contributed by atoms with Crippen molar-refractivity contribution in [3.63, 3.8) is 0 Å². The van der Waals surface area contributed by atoms with E-state index in [1.54, 1.807) is 12.1 Å². The van der Waals surface area contributed by atoms with Gasteiger partial charge >= 0.3 is 0 Å². The van der Waals surface area contributed by atoms with Crippen LogP contribution >= 0.6 is 11.6 Å². The third-order valence-electron chi connectivity index (χ3n) is 4.46. The summed E-state index contributed by atoms with van der Waals surface area (Å²) in [5, 5.41) is 15.9. The van der Waals surface area contributed by atoms with E-state index in [2.05, 4.69) is 10.6 Å². The van der Waals surface area contributed by atoms with Gasteiger partial charge in [0.15, 0.2) is 0 Å². The van der Waals surface area contributed by atoms with Gasteiger partial charge in [-0.2, -0.15) is 5.26 Å². The minimum Gasteiger partial charge on any atom is -0.495 e. The van der Waals surface area contributed by atoms with Crippen molar-refractivity contribution in [1.82, 2.24) is 0 Å². The monoisotopic (exact) mass is 397 g/mol. The van der Waals surface area contributed by atoms with Gasteiger partial charge in [0.05, 0.1) is 12.8 Å². The topological polar surface area (TPSA) is 74.2 Å². The van der Waals surface area contributed by atoms with E-state index in [1.807, 2.05) is 45.0 Å². The summed E-state index contributed by atoms with van der Waals surface area (Å²) < 4.78 is 5.30. The van der Waals surface area contributed by atoms with Gasteiger partial charge in [0.2, 0.25) is 0 Å². The highest BCUT2D eigenvalue weighted by atomic mass is 35.5. The first kappa shape index (κ1) is 21.3. The lowest BCUT2D eigenvalue weighted by Gasteiger charge is -2.14. The Morgan fingerprint density at radius 3 is 2.43 bits per heavy atom. The zero-order valence-electron chi connectivity index (χ0n) is 16.5. The van der Waals surface area contributed by atoms with Crippen LogP contribution in [-0.2, 0) is 17.6 Å². The van der Waals surface area contributed by atoms with Crippen molar-refractivity contribution in [2.45, 2.75) is 33.6 Å². The molecule has 2 N–H and O–H groups in total. The van der Waals surface area contributed by atoms with Crippen LogP contribution in [0.15, 0.2) is 42.1 Å². The second kappa shape index (κ2) is 9.82. The lowest BCUT2D eigenvalue weighted by molar-refractivity contribution is -0.112. The summed E-state index contributed by atoms with van der Waals surface area (Å²) >= 11 is 6.11. The number of nitriles is 1. The first-order valence-electron chi connectivity index (χ1n) is 9.08. The molecule has 2 aromatic carbocycles. The SMILES string of the molecule is CCc1cccc(CC)c1NC(=O)/C(C#N)=C\Nc1cc(C)c(Cl)cc1OC. The molecule has 0 aliphatic heterocycles. The fourth-order valence-electron chi connectivity index (χ4n) is 2.83. The normalized spacial score (nSPS) is 10.9. The van der Waals surface area contributed by atoms with Gasteiger partial charge in [0.1, 0.15) is 17.4 Å². The summed E-state index contributed by atoms with van der Waals surface area (Å²) in [6.07, 6.45) is 2.95. The van der Waals surface area contributed by atoms with Crippen molar-refractivity contribution in [3.05, 3.63) is 63.8 Å². The first-order chi connectivity index (χ1) is 13.4. The van der Waals surface area contributed by atoms with E-state index in [9.17, 15) is 10.1 Å². The molecule has 0 radical (unpaired) electrons. The minimum atomic E-state index is -0.463. The van der Waals surface area contributed by atoms with Crippen molar-refractivity contribution in [1.29, 1.82) is 5.26 Å². The van der Waals surface area contributed by atoms with Gasteiger partial charge in [-0.3, -0.25) is 4.79 Å². The molecule has 0 spiro atoms. The Kier molecular flexibility index (Phi) is 7.48. The van der Waals surface area contributed by atoms with E-state index < -0.39 is 5.91 Å². The Hall–Kier alpha value is -2.97. The Balaban J connectivity index is 2.28. The van der Waals surface area contributed by atoms with Gasteiger partial charge in [-0.25, -0.2) is 0 Å². The number of para-hydroxylation sites is 1. The Morgan fingerprint density at radius 2 is 1.89 bits per heavy atom. The van der Waals surface area contributed by atoms with Gasteiger partial charge in [-0.15, -0.1) is 0 Å². The molecule has 1 amide bonds. The van der Waals surface area contributed by atoms with Crippen LogP contribution in [0.25, 0.3) is 0 Å². The van der Waals surface area contributed by atoms with E-state index >= 15 is 0 Å². The highest BCUT2D eigenvalue weighted by molar-refractivity contribution is 6.31. The molecule has 28 heavy (non-hydrogen) atoms. The highest BCUT2D eigenvalue weighted by Crippen LogP contribution is 2.31. The number of benzene rings is 2. The zero-order chi connectivity index (χ0) is 20.7. The molecule has 0 aliphatic rings. The molecule has 0 saturated carbocycles. The maximum Gasteiger partial charge on any atom is 0.267 e. The summed E-state index contributed by atoms with van der Waals surface area (Å²) in [6, 6.07) is 11.4. The van der Waals surface area contributed by atoms with Crippen LogP contribution in [0.4, 0.5) is 11.4 Å². The number of carbonyl (C=O) groups excluding carboxylic acids is 1. The maximum absolute atomic E-state index is 12.7. The molecule has 0 atom stereocenters. The fourth-order valence-corrected chi connectivity index (χ4v) is 2.98. The molecule has 2 aromatic rings. The Morgan fingerprint density at radius 1 is 1.25 bits per heavy atom. The van der Waals surface area contributed by atoms with Gasteiger partial charge in [0.25, 0.3) is 5.91 Å². The van der Waals surface area contributed by atoms with E-state index in [4.69, 9.17) is 16.3 Å². The number of aryl methyl sites for hydroxylation is 3. The minimum absolute atomic E-state index is 0.0392. The molecule has 146 valence electrons. The number of hydrogen-bond donors (Lipinski definition) is 2. The average Bonchev–Trinajstić information content (AvgIpc) is 2.70. The predicted octanol–water partition coefficient (Wildman–Crippen LogP) is 5.24. The second-order valence-electron chi connectivity index (χ2n) is 6.23. The van der Waals surface area contributed by atoms with Crippen LogP contribution in [0, 0.1) is 18.3 Å². The van der Waals surface area contributed by atoms with E-state index in [-0.39, 0.29) is 5.57 Å². The summed E-state index contributed by atoms with van der Waals surface area (Å²) in [5.41, 5.74) is 4.28. The molecule has 0 bridgehead atoms. The highest BCUT2D eigenvalue weighted by Gasteiger charge is 2.14. The Labute approximate surface area is 171 Å². The molecule has 0 aliphatic carbocycles. The smallest absolute Gasteiger partial charge is 0.267 e. The molecular formula is C22H24ClN3O2. The van der Waals surface area contributed by atoms with E-state index in [1.165, 1.54) is 13.3 Å². The van der Waals surface area contributed by atoms with E-state index in [0.29, 0.717) is 16.5 Å². The van der Waals surface area contributed by atoms with Crippen molar-refractivity contribution in [2.75, 3.05) is 17.7 Å². The van der Waals surface area contributed by atoms with Gasteiger partial charge in [-0.05, 0) is 42.5 Å². The van der Waals surface area contributed by atoms with Crippen LogP contribution in [0.1, 0.15) is 30.5 Å². The second-order valence-corrected chi connectivity index (χ2v) is 6.64. The van der Waals surface area contributed by atoms with Crippen molar-refractivity contribution < 1.29 is 9.53 Å². The number of ether oxygens (including phenoxy) is 1. The third kappa shape index (κ3) is 4.85. The number of amides is 1. The standard InChI is InChI=1S/C22H24ClN3O2/c1-5-15-8-7-9-16(6-2)21(15)26-22(27)17(12-24)13-25-19-10-14(3)18(23)11-20(19)28-4/h7-11,13,25H,5-6H2,1-4H3,(H,26,27)/b17-13-. The molecule has 0 unspecified atom stereocenters. The zero-order valence-corrected chi connectivity index (χ0v) is 17.3. The number of halogens is 1. The molecule has 6 heteroatoms. The van der Waals surface area contributed by atoms with Crippen molar-refractivity contribution >= 4 is 28.9 Å². The lowest BCUT2D eigenvalue weighted by Crippen LogP contribution is -2.17. The van der Waals surface area contributed by atoms with Gasteiger partial charge in [-0.1, -0.05) is 43.6 Å². The number of anilines is 2. The molecule has 0 fully saturated rings. The number of hydrogen-bond acceptors (Lipinski definition) is 4. The quantitative estimate of drug-likeness (QED) is 0.495. The maximum atomic E-state index is 12.7. The van der Waals surface area contributed by atoms with Crippen LogP contribution < -0.4 is 15.4 Å². The molecule has 5 nitrogen and oxygen atoms in total. The molecular weight excluding hydrogens is 374 g/mol. The number of nitrogens with zero attached hydrogens (tertiary/aromatic N) is 1. The third-order valence-corrected chi connectivity index (χ3v) is 4.86. The molecule has 0 saturated heterocycles. The number of rotatable bonds is 7. The summed E-state index contributed by atoms with van der Waals surface area (Å²) in [5.74, 6) is 0.0596. The Bertz CT molecular complexity index is 923. The van der Waals surface area contributed by atoms with Gasteiger partial charge in [0, 0.05) is 23.0 Å². The summed E-state index contributed by atoms with van der Waals surface area (Å²) in [7, 11) is 1.53. The summed E-state index contributed by atoms with van der Waals surface area (Å²) in [4.78, 5) is 12.7. The molecule has 2 rings (SSSR count). The van der Waals surface area contributed by atoms with Crippen molar-refractivity contribution in [2.24, 2.45) is 0 Å². The van der Waals surface area contributed by atoms with Gasteiger partial charge < -0.3 is 15.4 Å². The number of nitrogens with one attached hydrogen (secondary N) is 2. The first-order valence-corrected chi connectivity index (χ1v) is 9.45. The number of methoxy groups -OCH3 is 1. The van der Waals surface area contributed by atoms with Crippen LogP contribution in [0.3, 0.4) is 0 Å². The average molecular weight is 398 g/mol. The number of carbonyl (C=O) groups is 1. The van der Waals surface area contributed by atoms with Crippen molar-refractivity contribution in [3.8, 4) is 11.8 Å². The summed E-state index contributed by atoms with van der Waals surface area (Å²) in [6.45, 7) is 5.92. The lowest BCUT2D eigenvalue weighted by atomic mass is 10.0. The van der Waals surface area contributed by atoms with E-state index in [0.717, 1.165) is 35.2 Å².